The Morgan fingerprint density at radius 2 is 1.59 bits per heavy atom. The molecule has 0 N–H and O–H groups in total. The molecule has 0 atom stereocenters. The van der Waals surface area contributed by atoms with Crippen LogP contribution < -0.4 is 5.46 Å². The molecule has 1 aromatic heterocycles. The van der Waals surface area contributed by atoms with E-state index >= 15 is 0 Å². The van der Waals surface area contributed by atoms with E-state index in [1.54, 1.807) is 0 Å². The summed E-state index contributed by atoms with van der Waals surface area (Å²) in [4.78, 5) is 4.48. The first-order chi connectivity index (χ1) is 8.34. The fourth-order valence-corrected chi connectivity index (χ4v) is 2.07. The lowest BCUT2D eigenvalue weighted by atomic mass is 9.93. The normalized spacial score (nSPS) is 10.6. The van der Waals surface area contributed by atoms with Crippen LogP contribution in [0.15, 0.2) is 60.8 Å². The van der Waals surface area contributed by atoms with Crippen LogP contribution in [-0.2, 0) is 0 Å². The highest BCUT2D eigenvalue weighted by Crippen LogP contribution is 2.26. The largest absolute Gasteiger partial charge is 0.256 e. The second kappa shape index (κ2) is 4.06. The fraction of sp³-hybridized carbons (Fsp3) is 0. The van der Waals surface area contributed by atoms with Gasteiger partial charge in [-0.1, -0.05) is 54.0 Å². The number of rotatable bonds is 1. The maximum atomic E-state index is 4.48. The molecule has 0 aliphatic rings. The van der Waals surface area contributed by atoms with Crippen molar-refractivity contribution in [3.8, 4) is 11.1 Å². The Bertz CT molecular complexity index is 654. The third-order valence-electron chi connectivity index (χ3n) is 3.00. The molecule has 0 aliphatic heterocycles. The highest BCUT2D eigenvalue weighted by molar-refractivity contribution is 6.32. The summed E-state index contributed by atoms with van der Waals surface area (Å²) >= 11 is 0. The molecule has 0 spiro atoms. The molecule has 80 valence electrons. The maximum Gasteiger partial charge on any atom is 0.139 e. The third kappa shape index (κ3) is 1.82. The first-order valence-electron chi connectivity index (χ1n) is 5.75. The highest BCUT2D eigenvalue weighted by Gasteiger charge is 2.03. The Kier molecular flexibility index (Phi) is 2.41. The summed E-state index contributed by atoms with van der Waals surface area (Å²) in [5, 5.41) is 1.19. The molecule has 0 saturated carbocycles. The van der Waals surface area contributed by atoms with Gasteiger partial charge in [0.25, 0.3) is 0 Å². The van der Waals surface area contributed by atoms with E-state index in [2.05, 4.69) is 61.4 Å². The Balaban J connectivity index is 2.27. The Labute approximate surface area is 102 Å². The molecule has 0 saturated heterocycles. The topological polar surface area (TPSA) is 12.9 Å². The molecule has 2 heteroatoms. The molecule has 3 rings (SSSR count). The quantitative estimate of drug-likeness (QED) is 0.569. The highest BCUT2D eigenvalue weighted by atomic mass is 14.6. The van der Waals surface area contributed by atoms with Crippen molar-refractivity contribution in [1.29, 1.82) is 0 Å². The van der Waals surface area contributed by atoms with Gasteiger partial charge in [0.2, 0.25) is 0 Å². The van der Waals surface area contributed by atoms with Crippen LogP contribution in [0.25, 0.3) is 22.0 Å². The second-order valence-corrected chi connectivity index (χ2v) is 4.25. The first-order valence-corrected chi connectivity index (χ1v) is 5.75. The van der Waals surface area contributed by atoms with E-state index in [1.165, 1.54) is 22.0 Å². The van der Waals surface area contributed by atoms with Gasteiger partial charge in [0, 0.05) is 17.1 Å². The van der Waals surface area contributed by atoms with Crippen LogP contribution in [0, 0.1) is 0 Å². The lowest BCUT2D eigenvalue weighted by Gasteiger charge is -2.06. The average molecular weight is 217 g/mol. The first kappa shape index (κ1) is 10.1. The van der Waals surface area contributed by atoms with Crippen LogP contribution in [0.3, 0.4) is 0 Å². The number of para-hydroxylation sites is 1. The van der Waals surface area contributed by atoms with E-state index in [9.17, 15) is 0 Å². The standard InChI is InChI=1S/C15H12BN/c16-13-8-6-11(7-9-13)14-5-1-3-12-4-2-10-17-15(12)14/h1-10H,16H2. The van der Waals surface area contributed by atoms with E-state index in [-0.39, 0.29) is 0 Å². The number of aromatic nitrogens is 1. The molecule has 17 heavy (non-hydrogen) atoms. The van der Waals surface area contributed by atoms with Crippen molar-refractivity contribution < 1.29 is 0 Å². The van der Waals surface area contributed by atoms with Gasteiger partial charge < -0.3 is 0 Å². The van der Waals surface area contributed by atoms with Crippen LogP contribution in [-0.4, -0.2) is 12.8 Å². The van der Waals surface area contributed by atoms with Gasteiger partial charge >= 0.3 is 0 Å². The van der Waals surface area contributed by atoms with Gasteiger partial charge in [-0.3, -0.25) is 4.98 Å². The molecular formula is C15H12BN. The molecule has 0 amide bonds. The maximum absolute atomic E-state index is 4.48. The third-order valence-corrected chi connectivity index (χ3v) is 3.00. The molecule has 2 aromatic carbocycles. The molecule has 0 fully saturated rings. The zero-order valence-corrected chi connectivity index (χ0v) is 9.72. The van der Waals surface area contributed by atoms with Crippen molar-refractivity contribution in [2.45, 2.75) is 0 Å². The van der Waals surface area contributed by atoms with Crippen LogP contribution in [0.5, 0.6) is 0 Å². The van der Waals surface area contributed by atoms with E-state index < -0.39 is 0 Å². The van der Waals surface area contributed by atoms with Crippen molar-refractivity contribution in [3.05, 3.63) is 60.8 Å². The van der Waals surface area contributed by atoms with Crippen LogP contribution in [0.1, 0.15) is 0 Å². The van der Waals surface area contributed by atoms with Gasteiger partial charge in [-0.2, -0.15) is 0 Å². The fourth-order valence-electron chi connectivity index (χ4n) is 2.07. The predicted molar refractivity (Wildman–Crippen MR) is 75.4 cm³/mol. The van der Waals surface area contributed by atoms with Gasteiger partial charge in [-0.05, 0) is 11.6 Å². The summed E-state index contributed by atoms with van der Waals surface area (Å²) in [7, 11) is 2.10. The minimum atomic E-state index is 1.07. The number of nitrogens with zero attached hydrogens (tertiary/aromatic N) is 1. The number of fused-ring (bicyclic) bond motifs is 1. The SMILES string of the molecule is Bc1ccc(-c2cccc3cccnc23)cc1. The Morgan fingerprint density at radius 1 is 0.824 bits per heavy atom. The van der Waals surface area contributed by atoms with E-state index in [1.807, 2.05) is 12.3 Å². The summed E-state index contributed by atoms with van der Waals surface area (Å²) < 4.78 is 0. The zero-order chi connectivity index (χ0) is 11.7. The van der Waals surface area contributed by atoms with Crippen molar-refractivity contribution in [3.63, 3.8) is 0 Å². The monoisotopic (exact) mass is 217 g/mol. The van der Waals surface area contributed by atoms with Gasteiger partial charge in [-0.15, -0.1) is 0 Å². The molecule has 0 aliphatic carbocycles. The Morgan fingerprint density at radius 3 is 2.41 bits per heavy atom. The van der Waals surface area contributed by atoms with Crippen molar-refractivity contribution in [1.82, 2.24) is 4.98 Å². The average Bonchev–Trinajstić information content (AvgIpc) is 2.39. The van der Waals surface area contributed by atoms with Crippen LogP contribution >= 0.6 is 0 Å². The number of hydrogen-bond donors (Lipinski definition) is 0. The van der Waals surface area contributed by atoms with Gasteiger partial charge in [0.15, 0.2) is 0 Å². The summed E-state index contributed by atoms with van der Waals surface area (Å²) in [6.45, 7) is 0. The molecule has 1 nitrogen and oxygen atoms in total. The van der Waals surface area contributed by atoms with Gasteiger partial charge in [0.1, 0.15) is 7.85 Å². The van der Waals surface area contributed by atoms with Crippen molar-refractivity contribution in [2.24, 2.45) is 0 Å². The smallest absolute Gasteiger partial charge is 0.139 e. The molecular weight excluding hydrogens is 205 g/mol. The van der Waals surface area contributed by atoms with Gasteiger partial charge in [-0.25, -0.2) is 0 Å². The Hall–Kier alpha value is -2.09. The number of hydrogen-bond acceptors (Lipinski definition) is 1. The van der Waals surface area contributed by atoms with Crippen LogP contribution in [0.4, 0.5) is 0 Å². The molecule has 0 bridgehead atoms. The summed E-state index contributed by atoms with van der Waals surface area (Å²) in [6.07, 6.45) is 1.85. The molecule has 1 heterocycles. The summed E-state index contributed by atoms with van der Waals surface area (Å²) in [6, 6.07) is 19.0. The predicted octanol–water partition coefficient (Wildman–Crippen LogP) is 2.16. The minimum Gasteiger partial charge on any atom is -0.256 e. The van der Waals surface area contributed by atoms with Gasteiger partial charge in [0.05, 0.1) is 5.52 Å². The molecule has 0 unspecified atom stereocenters. The summed E-state index contributed by atoms with van der Waals surface area (Å²) in [5.41, 5.74) is 4.77. The number of pyridine rings is 1. The summed E-state index contributed by atoms with van der Waals surface area (Å²) in [5.74, 6) is 0. The van der Waals surface area contributed by atoms with Crippen LogP contribution in [0.2, 0.25) is 0 Å². The van der Waals surface area contributed by atoms with E-state index in [0.29, 0.717) is 0 Å². The lowest BCUT2D eigenvalue weighted by molar-refractivity contribution is 1.41. The van der Waals surface area contributed by atoms with E-state index in [0.717, 1.165) is 5.52 Å². The van der Waals surface area contributed by atoms with Crippen molar-refractivity contribution in [2.75, 3.05) is 0 Å². The second-order valence-electron chi connectivity index (χ2n) is 4.25. The zero-order valence-electron chi connectivity index (χ0n) is 9.72. The van der Waals surface area contributed by atoms with Crippen molar-refractivity contribution >= 4 is 24.2 Å². The number of benzene rings is 2. The molecule has 0 radical (unpaired) electrons. The lowest BCUT2D eigenvalue weighted by Crippen LogP contribution is -1.99. The minimum absolute atomic E-state index is 1.07. The van der Waals surface area contributed by atoms with E-state index in [4.69, 9.17) is 0 Å². The molecule has 3 aromatic rings.